The molecule has 1 aliphatic heterocycles. The number of aliphatic hydroxyl groups is 1. The van der Waals surface area contributed by atoms with E-state index in [1.165, 1.54) is 40.5 Å². The first kappa shape index (κ1) is 19.8. The minimum atomic E-state index is 0.167. The summed E-state index contributed by atoms with van der Waals surface area (Å²) >= 11 is 0. The Balaban J connectivity index is -0.000000135. The third-order valence-electron chi connectivity index (χ3n) is 0.827. The van der Waals surface area contributed by atoms with Crippen molar-refractivity contribution >= 4 is 11.6 Å². The van der Waals surface area contributed by atoms with E-state index in [1.54, 1.807) is 0 Å². The summed E-state index contributed by atoms with van der Waals surface area (Å²) in [6, 6.07) is 0. The van der Waals surface area contributed by atoms with Gasteiger partial charge in [-0.15, -0.1) is 0 Å². The predicted octanol–water partition coefficient (Wildman–Crippen LogP) is 1.60. The first-order chi connectivity index (χ1) is 6.96. The average molecular weight is 220 g/mol. The highest BCUT2D eigenvalue weighted by Gasteiger charge is 1.94. The Labute approximate surface area is 92.6 Å². The predicted molar refractivity (Wildman–Crippen MR) is 60.9 cm³/mol. The summed E-state index contributed by atoms with van der Waals surface area (Å²) in [5.74, 6) is 0.333. The van der Waals surface area contributed by atoms with E-state index in [-0.39, 0.29) is 11.6 Å². The highest BCUT2D eigenvalue weighted by Crippen LogP contribution is 1.98. The van der Waals surface area contributed by atoms with Crippen LogP contribution in [-0.4, -0.2) is 37.0 Å². The van der Waals surface area contributed by atoms with Crippen molar-refractivity contribution in [2.45, 2.75) is 40.5 Å². The zero-order valence-corrected chi connectivity index (χ0v) is 10.5. The summed E-state index contributed by atoms with van der Waals surface area (Å²) in [6.45, 7) is 8.11. The van der Waals surface area contributed by atoms with Gasteiger partial charge in [0.05, 0.1) is 0 Å². The van der Waals surface area contributed by atoms with Crippen LogP contribution in [0.2, 0.25) is 0 Å². The number of Topliss-reactive ketones (excluding diaryl/α,β-unsaturated/α-hetero) is 2. The molecule has 0 aromatic carbocycles. The number of aliphatic hydroxyl groups excluding tert-OH is 1. The monoisotopic (exact) mass is 220 g/mol. The first-order valence-corrected chi connectivity index (χ1v) is 4.93. The summed E-state index contributed by atoms with van der Waals surface area (Å²) in [7, 11) is 1.00. The van der Waals surface area contributed by atoms with Crippen molar-refractivity contribution in [3.8, 4) is 0 Å². The van der Waals surface area contributed by atoms with Crippen LogP contribution < -0.4 is 0 Å². The van der Waals surface area contributed by atoms with Gasteiger partial charge in [0.15, 0.2) is 0 Å². The molecular formula is C11H24O4. The second kappa shape index (κ2) is 18.9. The van der Waals surface area contributed by atoms with Crippen molar-refractivity contribution in [2.75, 3.05) is 20.3 Å². The van der Waals surface area contributed by atoms with Crippen LogP contribution in [0.5, 0.6) is 0 Å². The van der Waals surface area contributed by atoms with E-state index in [9.17, 15) is 9.59 Å². The average Bonchev–Trinajstić information content (AvgIpc) is 2.61. The molecule has 0 amide bonds. The van der Waals surface area contributed by atoms with Gasteiger partial charge in [-0.05, 0) is 40.5 Å². The summed E-state index contributed by atoms with van der Waals surface area (Å²) in [5, 5.41) is 7.00. The minimum absolute atomic E-state index is 0.167. The number of hydrogen-bond acceptors (Lipinski definition) is 4. The fourth-order valence-electron chi connectivity index (χ4n) is 0.510. The molecule has 0 aromatic heterocycles. The molecule has 0 bridgehead atoms. The summed E-state index contributed by atoms with van der Waals surface area (Å²) in [5.41, 5.74) is 0. The molecule has 0 spiro atoms. The Hall–Kier alpha value is -0.740. The summed E-state index contributed by atoms with van der Waals surface area (Å²) in [4.78, 5) is 18.9. The van der Waals surface area contributed by atoms with E-state index in [2.05, 4.69) is 0 Å². The van der Waals surface area contributed by atoms with Gasteiger partial charge in [0.25, 0.3) is 0 Å². The van der Waals surface area contributed by atoms with Crippen LogP contribution in [0.3, 0.4) is 0 Å². The Morgan fingerprint density at radius 1 is 0.867 bits per heavy atom. The molecule has 1 aliphatic rings. The molecule has 4 heteroatoms. The lowest BCUT2D eigenvalue weighted by Gasteiger charge is -1.76. The Morgan fingerprint density at radius 2 is 1.07 bits per heavy atom. The van der Waals surface area contributed by atoms with Crippen LogP contribution in [0.15, 0.2) is 0 Å². The molecule has 92 valence electrons. The van der Waals surface area contributed by atoms with Gasteiger partial charge in [0.1, 0.15) is 11.6 Å². The lowest BCUT2D eigenvalue weighted by atomic mass is 10.4. The van der Waals surface area contributed by atoms with Crippen LogP contribution in [0.4, 0.5) is 0 Å². The minimum Gasteiger partial charge on any atom is -0.400 e. The van der Waals surface area contributed by atoms with E-state index in [4.69, 9.17) is 9.84 Å². The van der Waals surface area contributed by atoms with Crippen molar-refractivity contribution in [3.63, 3.8) is 0 Å². The fraction of sp³-hybridized carbons (Fsp3) is 0.818. The molecule has 0 atom stereocenters. The molecule has 0 saturated carbocycles. The highest BCUT2D eigenvalue weighted by molar-refractivity contribution is 5.72. The normalized spacial score (nSPS) is 11.9. The number of ether oxygens (including phenoxy) is 1. The Morgan fingerprint density at radius 3 is 1.13 bits per heavy atom. The summed E-state index contributed by atoms with van der Waals surface area (Å²) < 4.78 is 4.94. The van der Waals surface area contributed by atoms with Crippen LogP contribution in [0, 0.1) is 0 Å². The van der Waals surface area contributed by atoms with Crippen LogP contribution in [0.1, 0.15) is 40.5 Å². The third-order valence-corrected chi connectivity index (χ3v) is 0.827. The van der Waals surface area contributed by atoms with Gasteiger partial charge in [-0.25, -0.2) is 0 Å². The van der Waals surface area contributed by atoms with E-state index in [1.807, 2.05) is 0 Å². The van der Waals surface area contributed by atoms with Crippen molar-refractivity contribution in [3.05, 3.63) is 0 Å². The van der Waals surface area contributed by atoms with Gasteiger partial charge in [0.2, 0.25) is 0 Å². The number of carbonyl (C=O) groups excluding carboxylic acids is 2. The molecule has 15 heavy (non-hydrogen) atoms. The number of carbonyl (C=O) groups is 2. The van der Waals surface area contributed by atoms with Crippen LogP contribution in [0.25, 0.3) is 0 Å². The van der Waals surface area contributed by atoms with Gasteiger partial charge in [0, 0.05) is 20.3 Å². The van der Waals surface area contributed by atoms with Gasteiger partial charge >= 0.3 is 0 Å². The van der Waals surface area contributed by atoms with E-state index in [0.29, 0.717) is 0 Å². The zero-order valence-electron chi connectivity index (χ0n) is 10.5. The van der Waals surface area contributed by atoms with Gasteiger partial charge in [-0.2, -0.15) is 0 Å². The maximum absolute atomic E-state index is 9.44. The smallest absolute Gasteiger partial charge is 0.126 e. The standard InChI is InChI=1S/C4H8O.2C3H6O.CH4O/c1-2-4-5-3-1;2*1-3(2)4;1-2/h1-4H2;2*1-2H3;2H,1H3. The quantitative estimate of drug-likeness (QED) is 0.673. The molecule has 1 N–H and O–H groups in total. The molecule has 0 radical (unpaired) electrons. The SMILES string of the molecule is C1CCOC1.CC(C)=O.CC(C)=O.CO. The van der Waals surface area contributed by atoms with Crippen molar-refractivity contribution in [2.24, 2.45) is 0 Å². The molecule has 1 rings (SSSR count). The van der Waals surface area contributed by atoms with Crippen LogP contribution >= 0.6 is 0 Å². The van der Waals surface area contributed by atoms with Gasteiger partial charge in [-0.3, -0.25) is 0 Å². The van der Waals surface area contributed by atoms with Crippen molar-refractivity contribution < 1.29 is 19.4 Å². The molecular weight excluding hydrogens is 196 g/mol. The lowest BCUT2D eigenvalue weighted by Crippen LogP contribution is -1.74. The van der Waals surface area contributed by atoms with E-state index < -0.39 is 0 Å². The number of rotatable bonds is 0. The molecule has 1 heterocycles. The molecule has 4 nitrogen and oxygen atoms in total. The largest absolute Gasteiger partial charge is 0.400 e. The second-order valence-corrected chi connectivity index (χ2v) is 3.14. The van der Waals surface area contributed by atoms with E-state index in [0.717, 1.165) is 20.3 Å². The zero-order chi connectivity index (χ0) is 12.7. The van der Waals surface area contributed by atoms with Crippen molar-refractivity contribution in [1.82, 2.24) is 0 Å². The third kappa shape index (κ3) is 92.6. The second-order valence-electron chi connectivity index (χ2n) is 3.14. The first-order valence-electron chi connectivity index (χ1n) is 4.93. The maximum Gasteiger partial charge on any atom is 0.126 e. The number of ketones is 2. The maximum atomic E-state index is 9.44. The topological polar surface area (TPSA) is 63.6 Å². The Bertz CT molecular complexity index is 112. The van der Waals surface area contributed by atoms with Crippen LogP contribution in [-0.2, 0) is 14.3 Å². The number of hydrogen-bond donors (Lipinski definition) is 1. The van der Waals surface area contributed by atoms with Gasteiger partial charge in [-0.1, -0.05) is 0 Å². The summed E-state index contributed by atoms with van der Waals surface area (Å²) in [6.07, 6.45) is 2.56. The van der Waals surface area contributed by atoms with Gasteiger partial charge < -0.3 is 19.4 Å². The lowest BCUT2D eigenvalue weighted by molar-refractivity contribution is -0.115. The fourth-order valence-corrected chi connectivity index (χ4v) is 0.510. The molecule has 0 aromatic rings. The molecule has 0 aliphatic carbocycles. The van der Waals surface area contributed by atoms with E-state index >= 15 is 0 Å². The molecule has 0 unspecified atom stereocenters. The van der Waals surface area contributed by atoms with Crippen molar-refractivity contribution in [1.29, 1.82) is 0 Å². The molecule has 1 fully saturated rings. The highest BCUT2D eigenvalue weighted by atomic mass is 16.5. The molecule has 1 saturated heterocycles. The Kier molecular flexibility index (Phi) is 25.0.